The summed E-state index contributed by atoms with van der Waals surface area (Å²) >= 11 is 7.48. The van der Waals surface area contributed by atoms with Crippen molar-refractivity contribution in [3.05, 3.63) is 65.4 Å². The molecule has 4 rings (SSSR count). The number of nitrogen functional groups attached to an aromatic ring is 1. The number of nitrogens with zero attached hydrogens (tertiary/aromatic N) is 7. The highest BCUT2D eigenvalue weighted by atomic mass is 35.5. The molecule has 2 aromatic carbocycles. The van der Waals surface area contributed by atoms with E-state index in [1.54, 1.807) is 16.8 Å². The lowest BCUT2D eigenvalue weighted by Crippen LogP contribution is -2.12. The Morgan fingerprint density at radius 2 is 1.85 bits per heavy atom. The van der Waals surface area contributed by atoms with Crippen LogP contribution >= 0.6 is 23.4 Å². The van der Waals surface area contributed by atoms with Crippen molar-refractivity contribution >= 4 is 23.4 Å². The Balaban J connectivity index is 1.60. The zero-order chi connectivity index (χ0) is 18.8. The third-order valence-corrected chi connectivity index (χ3v) is 5.18. The number of thioether (sulfide) groups is 1. The lowest BCUT2D eigenvalue weighted by Gasteiger charge is -2.11. The summed E-state index contributed by atoms with van der Waals surface area (Å²) in [7, 11) is 0. The van der Waals surface area contributed by atoms with Crippen molar-refractivity contribution in [3.8, 4) is 17.1 Å². The number of para-hydroxylation sites is 1. The molecule has 8 nitrogen and oxygen atoms in total. The molecule has 2 N–H and O–H groups in total. The lowest BCUT2D eigenvalue weighted by molar-refractivity contribution is 0.760. The molecule has 4 aromatic rings. The smallest absolute Gasteiger partial charge is 0.210 e. The van der Waals surface area contributed by atoms with Crippen molar-refractivity contribution in [2.24, 2.45) is 0 Å². The minimum absolute atomic E-state index is 0.0982. The van der Waals surface area contributed by atoms with Gasteiger partial charge in [-0.25, -0.2) is 4.68 Å². The molecule has 0 radical (unpaired) electrons. The third-order valence-electron chi connectivity index (χ3n) is 3.89. The number of nitrogens with two attached hydrogens (primary N) is 1. The van der Waals surface area contributed by atoms with Crippen LogP contribution in [0.15, 0.2) is 59.8 Å². The van der Waals surface area contributed by atoms with Gasteiger partial charge in [-0.1, -0.05) is 53.7 Å². The summed E-state index contributed by atoms with van der Waals surface area (Å²) in [6, 6.07) is 17.0. The molecule has 0 aliphatic carbocycles. The summed E-state index contributed by atoms with van der Waals surface area (Å²) in [4.78, 5) is 0. The van der Waals surface area contributed by atoms with Gasteiger partial charge >= 0.3 is 0 Å². The predicted molar refractivity (Wildman–Crippen MR) is 104 cm³/mol. The molecule has 0 fully saturated rings. The molecular weight excluding hydrogens is 384 g/mol. The summed E-state index contributed by atoms with van der Waals surface area (Å²) in [5, 5.41) is 21.5. The molecule has 2 aromatic heterocycles. The molecule has 1 unspecified atom stereocenters. The highest BCUT2D eigenvalue weighted by Gasteiger charge is 2.21. The van der Waals surface area contributed by atoms with Gasteiger partial charge in [0.05, 0.1) is 10.9 Å². The molecule has 0 saturated carbocycles. The first-order chi connectivity index (χ1) is 13.1. The number of tetrazole rings is 1. The third kappa shape index (κ3) is 3.51. The van der Waals surface area contributed by atoms with Crippen LogP contribution in [0.3, 0.4) is 0 Å². The average Bonchev–Trinajstić information content (AvgIpc) is 3.30. The van der Waals surface area contributed by atoms with Gasteiger partial charge < -0.3 is 5.84 Å². The van der Waals surface area contributed by atoms with Gasteiger partial charge in [-0.2, -0.15) is 4.68 Å². The topological polar surface area (TPSA) is 100 Å². The SMILES string of the molecule is CC(Sc1nnc(-c2cccc(Cl)c2)n1N)c1nnnn1-c1ccccc1. The molecule has 1 atom stereocenters. The van der Waals surface area contributed by atoms with Gasteiger partial charge in [0.2, 0.25) is 5.16 Å². The first-order valence-corrected chi connectivity index (χ1v) is 9.36. The Hall–Kier alpha value is -2.91. The van der Waals surface area contributed by atoms with Crippen LogP contribution < -0.4 is 5.84 Å². The number of halogens is 1. The van der Waals surface area contributed by atoms with Crippen LogP contribution in [0, 0.1) is 0 Å². The highest BCUT2D eigenvalue weighted by molar-refractivity contribution is 7.99. The van der Waals surface area contributed by atoms with Crippen LogP contribution in [0.4, 0.5) is 0 Å². The zero-order valence-corrected chi connectivity index (χ0v) is 15.8. The van der Waals surface area contributed by atoms with Gasteiger partial charge in [0.15, 0.2) is 11.6 Å². The largest absolute Gasteiger partial charge is 0.335 e. The summed E-state index contributed by atoms with van der Waals surface area (Å²) in [5.41, 5.74) is 1.69. The number of benzene rings is 2. The van der Waals surface area contributed by atoms with Crippen LogP contribution in [-0.2, 0) is 0 Å². The maximum atomic E-state index is 6.21. The van der Waals surface area contributed by atoms with E-state index in [1.165, 1.54) is 16.4 Å². The second kappa shape index (κ2) is 7.37. The summed E-state index contributed by atoms with van der Waals surface area (Å²) in [6.45, 7) is 1.99. The second-order valence-electron chi connectivity index (χ2n) is 5.73. The summed E-state index contributed by atoms with van der Waals surface area (Å²) in [5.74, 6) is 7.44. The van der Waals surface area contributed by atoms with Gasteiger partial charge in [-0.05, 0) is 41.6 Å². The monoisotopic (exact) mass is 398 g/mol. The molecule has 10 heteroatoms. The molecule has 0 saturated heterocycles. The van der Waals surface area contributed by atoms with Crippen LogP contribution in [0.5, 0.6) is 0 Å². The van der Waals surface area contributed by atoms with Gasteiger partial charge in [0.1, 0.15) is 0 Å². The van der Waals surface area contributed by atoms with E-state index in [2.05, 4.69) is 25.7 Å². The summed E-state index contributed by atoms with van der Waals surface area (Å²) < 4.78 is 3.15. The molecule has 0 bridgehead atoms. The first-order valence-electron chi connectivity index (χ1n) is 8.10. The van der Waals surface area contributed by atoms with Gasteiger partial charge in [0, 0.05) is 10.6 Å². The fourth-order valence-corrected chi connectivity index (χ4v) is 3.64. The second-order valence-corrected chi connectivity index (χ2v) is 7.48. The van der Waals surface area contributed by atoms with E-state index >= 15 is 0 Å². The van der Waals surface area contributed by atoms with Crippen molar-refractivity contribution in [3.63, 3.8) is 0 Å². The van der Waals surface area contributed by atoms with Crippen LogP contribution in [0.2, 0.25) is 5.02 Å². The zero-order valence-electron chi connectivity index (χ0n) is 14.3. The van der Waals surface area contributed by atoms with Crippen molar-refractivity contribution in [2.75, 3.05) is 5.84 Å². The molecule has 0 spiro atoms. The van der Waals surface area contributed by atoms with Gasteiger partial charge in [-0.15, -0.1) is 15.3 Å². The molecule has 136 valence electrons. The van der Waals surface area contributed by atoms with Crippen LogP contribution in [-0.4, -0.2) is 35.1 Å². The molecular formula is C17H15ClN8S. The van der Waals surface area contributed by atoms with Crippen molar-refractivity contribution in [2.45, 2.75) is 17.3 Å². The van der Waals surface area contributed by atoms with Crippen molar-refractivity contribution in [1.82, 2.24) is 35.1 Å². The Kier molecular flexibility index (Phi) is 4.78. The quantitative estimate of drug-likeness (QED) is 0.407. The molecule has 0 amide bonds. The summed E-state index contributed by atoms with van der Waals surface area (Å²) in [6.07, 6.45) is 0. The lowest BCUT2D eigenvalue weighted by atomic mass is 10.2. The Bertz CT molecular complexity index is 1060. The van der Waals surface area contributed by atoms with E-state index in [-0.39, 0.29) is 5.25 Å². The fraction of sp³-hybridized carbons (Fsp3) is 0.118. The maximum Gasteiger partial charge on any atom is 0.210 e. The minimum Gasteiger partial charge on any atom is -0.335 e. The maximum absolute atomic E-state index is 6.21. The molecule has 27 heavy (non-hydrogen) atoms. The van der Waals surface area contributed by atoms with E-state index in [4.69, 9.17) is 17.4 Å². The highest BCUT2D eigenvalue weighted by Crippen LogP contribution is 2.34. The molecule has 0 aliphatic heterocycles. The fourth-order valence-electron chi connectivity index (χ4n) is 2.59. The van der Waals surface area contributed by atoms with E-state index in [0.717, 1.165) is 11.3 Å². The van der Waals surface area contributed by atoms with Crippen LogP contribution in [0.25, 0.3) is 17.1 Å². The number of hydrogen-bond acceptors (Lipinski definition) is 7. The van der Waals surface area contributed by atoms with Crippen molar-refractivity contribution in [1.29, 1.82) is 0 Å². The number of hydrogen-bond donors (Lipinski definition) is 1. The van der Waals surface area contributed by atoms with E-state index in [0.29, 0.717) is 21.8 Å². The van der Waals surface area contributed by atoms with Crippen LogP contribution in [0.1, 0.15) is 18.0 Å². The normalized spacial score (nSPS) is 12.2. The van der Waals surface area contributed by atoms with Crippen molar-refractivity contribution < 1.29 is 0 Å². The Morgan fingerprint density at radius 3 is 2.63 bits per heavy atom. The minimum atomic E-state index is -0.0982. The Labute approximate surface area is 164 Å². The Morgan fingerprint density at radius 1 is 1.04 bits per heavy atom. The number of aromatic nitrogens is 7. The predicted octanol–water partition coefficient (Wildman–Crippen LogP) is 3.14. The average molecular weight is 399 g/mol. The molecule has 2 heterocycles. The standard InChI is InChI=1S/C17H15ClN8S/c1-11(15-21-23-24-26(15)14-8-3-2-4-9-14)27-17-22-20-16(25(17)19)12-6-5-7-13(18)10-12/h2-11H,19H2,1H3. The first kappa shape index (κ1) is 17.5. The molecule has 0 aliphatic rings. The van der Waals surface area contributed by atoms with Gasteiger partial charge in [0.25, 0.3) is 0 Å². The van der Waals surface area contributed by atoms with E-state index in [9.17, 15) is 0 Å². The van der Waals surface area contributed by atoms with E-state index < -0.39 is 0 Å². The number of rotatable bonds is 5. The van der Waals surface area contributed by atoms with Gasteiger partial charge in [-0.3, -0.25) is 0 Å². The van der Waals surface area contributed by atoms with E-state index in [1.807, 2.05) is 49.4 Å².